The largest absolute Gasteiger partial charge is 0.490 e. The number of carbonyl (C=O) groups is 1. The van der Waals surface area contributed by atoms with Gasteiger partial charge in [0.1, 0.15) is 0 Å². The van der Waals surface area contributed by atoms with E-state index in [0.717, 1.165) is 0 Å². The average molecular weight is 471 g/mol. The predicted molar refractivity (Wildman–Crippen MR) is 113 cm³/mol. The zero-order chi connectivity index (χ0) is 24.0. The van der Waals surface area contributed by atoms with E-state index in [1.807, 2.05) is 20.8 Å². The van der Waals surface area contributed by atoms with Gasteiger partial charge >= 0.3 is 6.18 Å². The molecule has 0 radical (unpaired) electrons. The summed E-state index contributed by atoms with van der Waals surface area (Å²) in [5.74, 6) is 0.765. The van der Waals surface area contributed by atoms with Gasteiger partial charge in [-0.2, -0.15) is 18.3 Å². The molecule has 0 unspecified atom stereocenters. The van der Waals surface area contributed by atoms with Crippen molar-refractivity contribution in [2.75, 3.05) is 33.0 Å². The van der Waals surface area contributed by atoms with Crippen LogP contribution in [0.25, 0.3) is 0 Å². The molecule has 1 aromatic carbocycles. The maximum Gasteiger partial charge on any atom is 0.435 e. The summed E-state index contributed by atoms with van der Waals surface area (Å²) in [5.41, 5.74) is -0.0922. The van der Waals surface area contributed by atoms with Crippen LogP contribution in [0.15, 0.2) is 12.1 Å². The number of carbonyl (C=O) groups excluding carboxylic acids is 1. The van der Waals surface area contributed by atoms with Crippen LogP contribution in [-0.2, 0) is 30.5 Å². The molecule has 0 fully saturated rings. The number of nitrogens with one attached hydrogen (secondary N) is 1. The van der Waals surface area contributed by atoms with Crippen LogP contribution in [0.2, 0.25) is 0 Å². The first-order chi connectivity index (χ1) is 15.8. The highest BCUT2D eigenvalue weighted by atomic mass is 19.4. The number of rotatable bonds is 10. The number of hydrogen-bond acceptors (Lipinski definition) is 6. The zero-order valence-corrected chi connectivity index (χ0v) is 18.9. The fourth-order valence-electron chi connectivity index (χ4n) is 3.62. The van der Waals surface area contributed by atoms with Crippen LogP contribution in [-0.4, -0.2) is 48.7 Å². The quantitative estimate of drug-likeness (QED) is 0.570. The van der Waals surface area contributed by atoms with Crippen molar-refractivity contribution in [2.24, 2.45) is 0 Å². The first kappa shape index (κ1) is 24.7. The Morgan fingerprint density at radius 3 is 2.33 bits per heavy atom. The van der Waals surface area contributed by atoms with Gasteiger partial charge in [0.2, 0.25) is 5.75 Å². The average Bonchev–Trinajstić information content (AvgIpc) is 3.15. The summed E-state index contributed by atoms with van der Waals surface area (Å²) in [6.45, 7) is 6.98. The predicted octanol–water partition coefficient (Wildman–Crippen LogP) is 3.60. The number of halogens is 3. The molecule has 2 aromatic rings. The molecule has 182 valence electrons. The second kappa shape index (κ2) is 10.8. The molecular formula is C22H28F3N3O5. The smallest absolute Gasteiger partial charge is 0.435 e. The lowest BCUT2D eigenvalue weighted by Crippen LogP contribution is -2.28. The number of ether oxygens (including phenoxy) is 4. The zero-order valence-electron chi connectivity index (χ0n) is 18.9. The summed E-state index contributed by atoms with van der Waals surface area (Å²) in [6, 6.07) is 3.11. The highest BCUT2D eigenvalue weighted by Gasteiger charge is 2.39. The van der Waals surface area contributed by atoms with E-state index in [4.69, 9.17) is 18.9 Å². The lowest BCUT2D eigenvalue weighted by molar-refractivity contribution is -0.142. The summed E-state index contributed by atoms with van der Waals surface area (Å²) in [7, 11) is 0. The van der Waals surface area contributed by atoms with Crippen LogP contribution in [0.1, 0.15) is 48.1 Å². The maximum atomic E-state index is 13.3. The Labute approximate surface area is 189 Å². The second-order valence-corrected chi connectivity index (χ2v) is 7.15. The Hall–Kier alpha value is -2.95. The molecule has 1 aromatic heterocycles. The van der Waals surface area contributed by atoms with Crippen molar-refractivity contribution in [1.82, 2.24) is 15.1 Å². The van der Waals surface area contributed by atoms with Gasteiger partial charge < -0.3 is 24.3 Å². The topological polar surface area (TPSA) is 83.8 Å². The van der Waals surface area contributed by atoms with Crippen molar-refractivity contribution in [3.8, 4) is 17.2 Å². The normalized spacial score (nSPS) is 13.4. The third-order valence-electron chi connectivity index (χ3n) is 4.95. The minimum absolute atomic E-state index is 0.0642. The maximum absolute atomic E-state index is 13.3. The fourth-order valence-corrected chi connectivity index (χ4v) is 3.62. The van der Waals surface area contributed by atoms with Crippen LogP contribution in [0.3, 0.4) is 0 Å². The van der Waals surface area contributed by atoms with E-state index in [1.165, 1.54) is 4.68 Å². The van der Waals surface area contributed by atoms with E-state index >= 15 is 0 Å². The summed E-state index contributed by atoms with van der Waals surface area (Å²) < 4.78 is 63.3. The molecule has 0 saturated carbocycles. The molecule has 1 N–H and O–H groups in total. The van der Waals surface area contributed by atoms with Crippen molar-refractivity contribution in [1.29, 1.82) is 0 Å². The van der Waals surface area contributed by atoms with E-state index in [9.17, 15) is 18.0 Å². The van der Waals surface area contributed by atoms with Crippen LogP contribution >= 0.6 is 0 Å². The number of fused-ring (bicyclic) bond motifs is 1. The van der Waals surface area contributed by atoms with Crippen LogP contribution in [0.4, 0.5) is 13.2 Å². The molecule has 1 amide bonds. The van der Waals surface area contributed by atoms with Gasteiger partial charge in [-0.1, -0.05) is 0 Å². The lowest BCUT2D eigenvalue weighted by atomic mass is 10.1. The third kappa shape index (κ3) is 5.70. The fraction of sp³-hybridized carbons (Fsp3) is 0.545. The van der Waals surface area contributed by atoms with Gasteiger partial charge in [0.25, 0.3) is 5.91 Å². The summed E-state index contributed by atoms with van der Waals surface area (Å²) in [6.07, 6.45) is -4.23. The molecule has 1 aliphatic heterocycles. The number of nitrogens with zero attached hydrogens (tertiary/aromatic N) is 2. The third-order valence-corrected chi connectivity index (χ3v) is 4.95. The Bertz CT molecular complexity index is 948. The summed E-state index contributed by atoms with van der Waals surface area (Å²) in [4.78, 5) is 12.8. The molecule has 2 heterocycles. The van der Waals surface area contributed by atoms with Gasteiger partial charge in [0.05, 0.1) is 39.6 Å². The molecular weight excluding hydrogens is 443 g/mol. The van der Waals surface area contributed by atoms with Crippen LogP contribution < -0.4 is 19.5 Å². The first-order valence-electron chi connectivity index (χ1n) is 10.9. The van der Waals surface area contributed by atoms with E-state index in [2.05, 4.69) is 10.4 Å². The highest BCUT2D eigenvalue weighted by Crippen LogP contribution is 2.39. The molecule has 11 heteroatoms. The van der Waals surface area contributed by atoms with E-state index in [0.29, 0.717) is 55.8 Å². The number of aromatic nitrogens is 2. The molecule has 0 atom stereocenters. The molecule has 0 spiro atoms. The monoisotopic (exact) mass is 471 g/mol. The lowest BCUT2D eigenvalue weighted by Gasteiger charge is -2.17. The second-order valence-electron chi connectivity index (χ2n) is 7.15. The molecule has 33 heavy (non-hydrogen) atoms. The van der Waals surface area contributed by atoms with Gasteiger partial charge in [-0.25, -0.2) is 0 Å². The van der Waals surface area contributed by atoms with Gasteiger partial charge in [-0.15, -0.1) is 0 Å². The van der Waals surface area contributed by atoms with Gasteiger partial charge in [0.15, 0.2) is 17.2 Å². The van der Waals surface area contributed by atoms with E-state index < -0.39 is 17.8 Å². The highest BCUT2D eigenvalue weighted by molar-refractivity contribution is 5.95. The van der Waals surface area contributed by atoms with Crippen molar-refractivity contribution >= 4 is 5.91 Å². The molecule has 1 aliphatic rings. The van der Waals surface area contributed by atoms with Crippen molar-refractivity contribution in [3.05, 3.63) is 34.6 Å². The first-order valence-corrected chi connectivity index (χ1v) is 10.9. The van der Waals surface area contributed by atoms with Crippen molar-refractivity contribution in [2.45, 2.75) is 46.5 Å². The Morgan fingerprint density at radius 1 is 1.12 bits per heavy atom. The Morgan fingerprint density at radius 2 is 1.76 bits per heavy atom. The minimum atomic E-state index is -4.56. The standard InChI is InChI=1S/C22H28F3N3O5/c1-4-31-17-11-14(12-18(32-5-2)19(17)33-6-3)21(29)26-8-9-28-16-7-10-30-13-15(16)20(27-28)22(23,24)25/h11-12H,4-10,13H2,1-3H3,(H,26,29). The van der Waals surface area contributed by atoms with Crippen molar-refractivity contribution < 1.29 is 36.9 Å². The Balaban J connectivity index is 1.75. The number of amides is 1. The summed E-state index contributed by atoms with van der Waals surface area (Å²) in [5, 5.41) is 6.47. The molecule has 8 nitrogen and oxygen atoms in total. The molecule has 3 rings (SSSR count). The van der Waals surface area contributed by atoms with Gasteiger partial charge in [0, 0.05) is 29.8 Å². The van der Waals surface area contributed by atoms with Crippen LogP contribution in [0.5, 0.6) is 17.2 Å². The summed E-state index contributed by atoms with van der Waals surface area (Å²) >= 11 is 0. The Kier molecular flexibility index (Phi) is 8.06. The molecule has 0 bridgehead atoms. The van der Waals surface area contributed by atoms with Gasteiger partial charge in [-0.3, -0.25) is 9.48 Å². The minimum Gasteiger partial charge on any atom is -0.490 e. The number of benzene rings is 1. The number of hydrogen-bond donors (Lipinski definition) is 1. The molecule has 0 aliphatic carbocycles. The van der Waals surface area contributed by atoms with Crippen molar-refractivity contribution in [3.63, 3.8) is 0 Å². The van der Waals surface area contributed by atoms with E-state index in [-0.39, 0.29) is 30.8 Å². The van der Waals surface area contributed by atoms with E-state index in [1.54, 1.807) is 12.1 Å². The SMILES string of the molecule is CCOc1cc(C(=O)NCCn2nc(C(F)(F)F)c3c2CCOC3)cc(OCC)c1OCC. The molecule has 0 saturated heterocycles. The van der Waals surface area contributed by atoms with Gasteiger partial charge in [-0.05, 0) is 32.9 Å². The number of alkyl halides is 3. The van der Waals surface area contributed by atoms with Crippen LogP contribution in [0, 0.1) is 0 Å².